The number of nitrogens with one attached hydrogen (secondary N) is 1. The van der Waals surface area contributed by atoms with Gasteiger partial charge >= 0.3 is 0 Å². The number of piperidine rings is 1. The first-order valence-electron chi connectivity index (χ1n) is 13.6. The molecule has 3 aliphatic heterocycles. The lowest BCUT2D eigenvalue weighted by atomic mass is 9.88. The van der Waals surface area contributed by atoms with E-state index in [1.807, 2.05) is 31.5 Å². The standard InChI is InChI=1S/C28H37FN4O3S/c1-3-5-19-17-31-28(32-18-19)33-10-7-20(8-11-33)25-15-23-13-22(14-24(29)27(23)36-25)21-6-9-30-26(16-21)37(34,35)12-4-2/h6,13-14,17-18,20,25-26,30H,3-5,7-12,15-16H2,1-2H3/t25?,26-/m0/s1. The van der Waals surface area contributed by atoms with Crippen molar-refractivity contribution in [2.45, 2.75) is 70.3 Å². The summed E-state index contributed by atoms with van der Waals surface area (Å²) in [4.78, 5) is 11.3. The van der Waals surface area contributed by atoms with Crippen molar-refractivity contribution in [3.63, 3.8) is 0 Å². The zero-order valence-corrected chi connectivity index (χ0v) is 22.6. The number of sulfone groups is 1. The van der Waals surface area contributed by atoms with Gasteiger partial charge in [-0.05, 0) is 60.4 Å². The fourth-order valence-electron chi connectivity index (χ4n) is 5.78. The summed E-state index contributed by atoms with van der Waals surface area (Å²) in [6, 6.07) is 3.50. The molecule has 1 fully saturated rings. The maximum Gasteiger partial charge on any atom is 0.225 e. The van der Waals surface area contributed by atoms with Crippen LogP contribution >= 0.6 is 0 Å². The number of hydrogen-bond donors (Lipinski definition) is 1. The fourth-order valence-corrected chi connectivity index (χ4v) is 7.41. The van der Waals surface area contributed by atoms with Crippen LogP contribution in [0.25, 0.3) is 5.57 Å². The molecular formula is C28H37FN4O3S. The Morgan fingerprint density at radius 3 is 2.57 bits per heavy atom. The number of rotatable bonds is 8. The van der Waals surface area contributed by atoms with Gasteiger partial charge in [0.25, 0.3) is 0 Å². The third-order valence-corrected chi connectivity index (χ3v) is 9.96. The molecule has 0 radical (unpaired) electrons. The Labute approximate surface area is 219 Å². The van der Waals surface area contributed by atoms with E-state index in [-0.39, 0.29) is 17.7 Å². The van der Waals surface area contributed by atoms with Crippen LogP contribution < -0.4 is 15.0 Å². The number of aryl methyl sites for hydroxylation is 1. The van der Waals surface area contributed by atoms with E-state index in [4.69, 9.17) is 4.74 Å². The zero-order chi connectivity index (χ0) is 26.0. The Hall–Kier alpha value is -2.52. The molecule has 7 nitrogen and oxygen atoms in total. The maximum atomic E-state index is 15.2. The van der Waals surface area contributed by atoms with Crippen LogP contribution in [0.2, 0.25) is 0 Å². The summed E-state index contributed by atoms with van der Waals surface area (Å²) < 4.78 is 46.5. The molecule has 5 rings (SSSR count). The van der Waals surface area contributed by atoms with Crippen LogP contribution in [0.4, 0.5) is 10.3 Å². The second-order valence-corrected chi connectivity index (χ2v) is 12.8. The van der Waals surface area contributed by atoms with Crippen molar-refractivity contribution in [1.29, 1.82) is 0 Å². The van der Waals surface area contributed by atoms with Gasteiger partial charge in [0.05, 0.1) is 5.75 Å². The van der Waals surface area contributed by atoms with Crippen LogP contribution in [0, 0.1) is 11.7 Å². The molecule has 0 amide bonds. The molecule has 1 unspecified atom stereocenters. The Kier molecular flexibility index (Phi) is 7.81. The predicted molar refractivity (Wildman–Crippen MR) is 144 cm³/mol. The average molecular weight is 529 g/mol. The van der Waals surface area contributed by atoms with Gasteiger partial charge in [0.1, 0.15) is 11.5 Å². The van der Waals surface area contributed by atoms with Crippen molar-refractivity contribution >= 4 is 21.4 Å². The van der Waals surface area contributed by atoms with E-state index >= 15 is 4.39 Å². The van der Waals surface area contributed by atoms with Crippen LogP contribution in [-0.2, 0) is 22.7 Å². The van der Waals surface area contributed by atoms with Crippen LogP contribution in [0.3, 0.4) is 0 Å². The summed E-state index contributed by atoms with van der Waals surface area (Å²) in [5.41, 5.74) is 3.69. The van der Waals surface area contributed by atoms with Gasteiger partial charge in [-0.1, -0.05) is 26.3 Å². The SMILES string of the molecule is CCCc1cnc(N2CCC(C3Cc4cc(C5=CCN[C@@H](S(=O)(=O)CCC)C5)cc(F)c4O3)CC2)nc1. The highest BCUT2D eigenvalue weighted by Gasteiger charge is 2.36. The topological polar surface area (TPSA) is 84.4 Å². The molecule has 1 aromatic heterocycles. The molecule has 0 aliphatic carbocycles. The molecule has 200 valence electrons. The lowest BCUT2D eigenvalue weighted by Gasteiger charge is -2.34. The van der Waals surface area contributed by atoms with Gasteiger partial charge in [0.2, 0.25) is 5.95 Å². The Morgan fingerprint density at radius 2 is 1.86 bits per heavy atom. The van der Waals surface area contributed by atoms with Crippen molar-refractivity contribution in [3.05, 3.63) is 53.1 Å². The maximum absolute atomic E-state index is 15.2. The Balaban J connectivity index is 1.22. The fraction of sp³-hybridized carbons (Fsp3) is 0.571. The quantitative estimate of drug-likeness (QED) is 0.546. The third-order valence-electron chi connectivity index (χ3n) is 7.78. The summed E-state index contributed by atoms with van der Waals surface area (Å²) in [5, 5.41) is 2.47. The second kappa shape index (κ2) is 11.1. The molecular weight excluding hydrogens is 491 g/mol. The molecule has 2 atom stereocenters. The third kappa shape index (κ3) is 5.67. The molecule has 37 heavy (non-hydrogen) atoms. The highest BCUT2D eigenvalue weighted by atomic mass is 32.2. The number of halogens is 1. The average Bonchev–Trinajstić information content (AvgIpc) is 3.35. The number of fused-ring (bicyclic) bond motifs is 1. The molecule has 9 heteroatoms. The van der Waals surface area contributed by atoms with Gasteiger partial charge < -0.3 is 9.64 Å². The van der Waals surface area contributed by atoms with Crippen molar-refractivity contribution in [3.8, 4) is 5.75 Å². The van der Waals surface area contributed by atoms with Gasteiger partial charge in [0, 0.05) is 50.4 Å². The monoisotopic (exact) mass is 528 g/mol. The first-order chi connectivity index (χ1) is 17.9. The predicted octanol–water partition coefficient (Wildman–Crippen LogP) is 4.32. The molecule has 1 N–H and O–H groups in total. The molecule has 1 saturated heterocycles. The molecule has 3 aliphatic rings. The first-order valence-corrected chi connectivity index (χ1v) is 15.3. The minimum atomic E-state index is -3.23. The lowest BCUT2D eigenvalue weighted by molar-refractivity contribution is 0.134. The van der Waals surface area contributed by atoms with E-state index in [0.29, 0.717) is 37.5 Å². The Bertz CT molecular complexity index is 1240. The summed E-state index contributed by atoms with van der Waals surface area (Å²) >= 11 is 0. The van der Waals surface area contributed by atoms with E-state index in [1.54, 1.807) is 0 Å². The van der Waals surface area contributed by atoms with E-state index in [2.05, 4.69) is 27.1 Å². The largest absolute Gasteiger partial charge is 0.486 e. The molecule has 0 bridgehead atoms. The first kappa shape index (κ1) is 26.1. The highest BCUT2D eigenvalue weighted by molar-refractivity contribution is 7.92. The summed E-state index contributed by atoms with van der Waals surface area (Å²) in [6.07, 6.45) is 11.4. The lowest BCUT2D eigenvalue weighted by Crippen LogP contribution is -2.40. The molecule has 0 spiro atoms. The molecule has 0 saturated carbocycles. The molecule has 1 aromatic carbocycles. The summed E-state index contributed by atoms with van der Waals surface area (Å²) in [7, 11) is -3.23. The number of aromatic nitrogens is 2. The van der Waals surface area contributed by atoms with Crippen LogP contribution in [0.1, 0.15) is 62.6 Å². The molecule has 4 heterocycles. The minimum Gasteiger partial charge on any atom is -0.486 e. The molecule has 2 aromatic rings. The summed E-state index contributed by atoms with van der Waals surface area (Å²) in [5.74, 6) is 1.27. The normalized spacial score (nSPS) is 22.5. The smallest absolute Gasteiger partial charge is 0.225 e. The van der Waals surface area contributed by atoms with Crippen molar-refractivity contribution in [2.75, 3.05) is 30.3 Å². The van der Waals surface area contributed by atoms with Crippen LogP contribution in [-0.4, -0.2) is 55.3 Å². The van der Waals surface area contributed by atoms with Crippen LogP contribution in [0.15, 0.2) is 30.6 Å². The Morgan fingerprint density at radius 1 is 1.11 bits per heavy atom. The van der Waals surface area contributed by atoms with Crippen molar-refractivity contribution in [1.82, 2.24) is 15.3 Å². The highest BCUT2D eigenvalue weighted by Crippen LogP contribution is 2.40. The number of hydrogen-bond acceptors (Lipinski definition) is 7. The van der Waals surface area contributed by atoms with Gasteiger partial charge in [-0.2, -0.15) is 0 Å². The van der Waals surface area contributed by atoms with Crippen molar-refractivity contribution in [2.24, 2.45) is 5.92 Å². The van der Waals surface area contributed by atoms with E-state index in [9.17, 15) is 8.42 Å². The number of anilines is 1. The number of nitrogens with zero attached hydrogens (tertiary/aromatic N) is 3. The van der Waals surface area contributed by atoms with Gasteiger partial charge in [-0.25, -0.2) is 22.8 Å². The number of ether oxygens (including phenoxy) is 1. The van der Waals surface area contributed by atoms with Gasteiger partial charge in [-0.3, -0.25) is 5.32 Å². The minimum absolute atomic E-state index is 0.0468. The second-order valence-electron chi connectivity index (χ2n) is 10.5. The van der Waals surface area contributed by atoms with E-state index < -0.39 is 15.2 Å². The van der Waals surface area contributed by atoms with Gasteiger partial charge in [-0.15, -0.1) is 0 Å². The van der Waals surface area contributed by atoms with Crippen LogP contribution in [0.5, 0.6) is 5.75 Å². The van der Waals surface area contributed by atoms with E-state index in [0.717, 1.165) is 67.0 Å². The van der Waals surface area contributed by atoms with Crippen molar-refractivity contribution < 1.29 is 17.5 Å². The van der Waals surface area contributed by atoms with E-state index in [1.165, 1.54) is 6.07 Å². The summed E-state index contributed by atoms with van der Waals surface area (Å²) in [6.45, 7) is 6.19. The number of benzene rings is 1. The van der Waals surface area contributed by atoms with Gasteiger partial charge in [0.15, 0.2) is 21.4 Å². The zero-order valence-electron chi connectivity index (χ0n) is 21.7.